The van der Waals surface area contributed by atoms with Gasteiger partial charge in [-0.05, 0) is 42.2 Å². The van der Waals surface area contributed by atoms with Gasteiger partial charge in [-0.3, -0.25) is 14.2 Å². The van der Waals surface area contributed by atoms with Crippen LogP contribution in [0, 0.1) is 6.92 Å². The predicted octanol–water partition coefficient (Wildman–Crippen LogP) is 3.15. The van der Waals surface area contributed by atoms with E-state index in [1.165, 1.54) is 10.9 Å². The summed E-state index contributed by atoms with van der Waals surface area (Å²) in [6.07, 6.45) is 1.41. The van der Waals surface area contributed by atoms with E-state index in [1.807, 2.05) is 55.5 Å². The van der Waals surface area contributed by atoms with Crippen molar-refractivity contribution in [3.63, 3.8) is 0 Å². The van der Waals surface area contributed by atoms with E-state index in [0.29, 0.717) is 22.5 Å². The van der Waals surface area contributed by atoms with Gasteiger partial charge >= 0.3 is 0 Å². The fourth-order valence-corrected chi connectivity index (χ4v) is 3.95. The number of hydrogen-bond acceptors (Lipinski definition) is 6. The number of amides is 1. The maximum atomic E-state index is 12.8. The largest absolute Gasteiger partial charge is 0.497 e. The van der Waals surface area contributed by atoms with Crippen LogP contribution in [0.3, 0.4) is 0 Å². The number of fused-ring (bicyclic) bond motifs is 1. The van der Waals surface area contributed by atoms with Crippen molar-refractivity contribution in [3.05, 3.63) is 76.3 Å². The van der Waals surface area contributed by atoms with Gasteiger partial charge < -0.3 is 10.1 Å². The zero-order valence-electron chi connectivity index (χ0n) is 16.6. The third-order valence-corrected chi connectivity index (χ3v) is 5.50. The lowest BCUT2D eigenvalue weighted by Crippen LogP contribution is -2.31. The molecule has 0 unspecified atom stereocenters. The van der Waals surface area contributed by atoms with Gasteiger partial charge in [-0.25, -0.2) is 4.98 Å². The summed E-state index contributed by atoms with van der Waals surface area (Å²) in [4.78, 5) is 29.6. The molecule has 0 radical (unpaired) electrons. The molecule has 0 spiro atoms. The first-order chi connectivity index (χ1) is 14.5. The Balaban J connectivity index is 1.51. The molecule has 8 heteroatoms. The molecule has 0 saturated carbocycles. The van der Waals surface area contributed by atoms with Crippen LogP contribution in [0.25, 0.3) is 21.5 Å². The molecule has 2 heterocycles. The Morgan fingerprint density at radius 2 is 2.03 bits per heavy atom. The molecule has 7 nitrogen and oxygen atoms in total. The second-order valence-corrected chi connectivity index (χ2v) is 7.66. The van der Waals surface area contributed by atoms with Crippen LogP contribution in [0.2, 0.25) is 0 Å². The highest BCUT2D eigenvalue weighted by Gasteiger charge is 2.15. The fourth-order valence-electron chi connectivity index (χ4n) is 3.14. The summed E-state index contributed by atoms with van der Waals surface area (Å²) < 4.78 is 11.4. The summed E-state index contributed by atoms with van der Waals surface area (Å²) in [6.45, 7) is 2.24. The monoisotopic (exact) mass is 420 g/mol. The van der Waals surface area contributed by atoms with Crippen LogP contribution in [0.4, 0.5) is 0 Å². The van der Waals surface area contributed by atoms with Gasteiger partial charge in [0.2, 0.25) is 5.91 Å². The van der Waals surface area contributed by atoms with Gasteiger partial charge in [-0.1, -0.05) is 35.9 Å². The average Bonchev–Trinajstić information content (AvgIpc) is 3.19. The molecule has 1 N–H and O–H groups in total. The lowest BCUT2D eigenvalue weighted by molar-refractivity contribution is -0.121. The minimum atomic E-state index is -0.274. The molecule has 0 saturated heterocycles. The van der Waals surface area contributed by atoms with Crippen molar-refractivity contribution in [2.24, 2.45) is 0 Å². The summed E-state index contributed by atoms with van der Waals surface area (Å²) in [5.74, 6) is 0.451. The fraction of sp³-hybridized carbons (Fsp3) is 0.182. The second-order valence-electron chi connectivity index (χ2n) is 6.88. The Morgan fingerprint density at radius 1 is 1.20 bits per heavy atom. The molecular weight excluding hydrogens is 400 g/mol. The quantitative estimate of drug-likeness (QED) is 0.518. The van der Waals surface area contributed by atoms with Gasteiger partial charge in [0.15, 0.2) is 0 Å². The molecule has 0 atom stereocenters. The highest BCUT2D eigenvalue weighted by atomic mass is 32.1. The lowest BCUT2D eigenvalue weighted by Gasteiger charge is -2.08. The van der Waals surface area contributed by atoms with Gasteiger partial charge in [-0.2, -0.15) is 4.37 Å². The van der Waals surface area contributed by atoms with Crippen LogP contribution in [0.15, 0.2) is 59.7 Å². The molecule has 4 aromatic rings. The Bertz CT molecular complexity index is 1280. The van der Waals surface area contributed by atoms with Crippen molar-refractivity contribution >= 4 is 27.7 Å². The summed E-state index contributed by atoms with van der Waals surface area (Å²) in [5.41, 5.74) is 3.91. The van der Waals surface area contributed by atoms with E-state index in [9.17, 15) is 9.59 Å². The number of nitrogens with zero attached hydrogens (tertiary/aromatic N) is 3. The van der Waals surface area contributed by atoms with Crippen molar-refractivity contribution < 1.29 is 9.53 Å². The van der Waals surface area contributed by atoms with Crippen molar-refractivity contribution in [3.8, 4) is 17.0 Å². The highest BCUT2D eigenvalue weighted by molar-refractivity contribution is 7.13. The van der Waals surface area contributed by atoms with E-state index in [0.717, 1.165) is 34.0 Å². The first kappa shape index (κ1) is 19.8. The number of carbonyl (C=O) groups excluding carboxylic acids is 1. The summed E-state index contributed by atoms with van der Waals surface area (Å²) >= 11 is 1.11. The standard InChI is InChI=1S/C22H20N4O3S/c1-14-5-3-7-16(9-14)19-20-21(30-25-19)22(28)26(13-24-20)12-18(27)23-11-15-6-4-8-17(10-15)29-2/h3-10,13H,11-12H2,1-2H3,(H,23,27). The zero-order chi connectivity index (χ0) is 21.1. The van der Waals surface area contributed by atoms with Gasteiger partial charge in [0.25, 0.3) is 5.56 Å². The van der Waals surface area contributed by atoms with E-state index in [2.05, 4.69) is 14.7 Å². The van der Waals surface area contributed by atoms with Crippen LogP contribution in [0.5, 0.6) is 5.75 Å². The van der Waals surface area contributed by atoms with Gasteiger partial charge in [0.1, 0.15) is 28.2 Å². The third-order valence-electron chi connectivity index (χ3n) is 4.68. The normalized spacial score (nSPS) is 10.9. The van der Waals surface area contributed by atoms with Crippen LogP contribution in [-0.4, -0.2) is 26.9 Å². The number of methoxy groups -OCH3 is 1. The molecular formula is C22H20N4O3S. The van der Waals surface area contributed by atoms with E-state index in [4.69, 9.17) is 4.74 Å². The number of benzene rings is 2. The molecule has 0 aliphatic carbocycles. The van der Waals surface area contributed by atoms with E-state index in [1.54, 1.807) is 7.11 Å². The summed E-state index contributed by atoms with van der Waals surface area (Å²) in [5, 5.41) is 2.82. The van der Waals surface area contributed by atoms with Crippen LogP contribution in [0.1, 0.15) is 11.1 Å². The van der Waals surface area contributed by atoms with Gasteiger partial charge in [0.05, 0.1) is 13.4 Å². The minimum absolute atomic E-state index is 0.108. The molecule has 30 heavy (non-hydrogen) atoms. The minimum Gasteiger partial charge on any atom is -0.497 e. The summed E-state index contributed by atoms with van der Waals surface area (Å²) in [6, 6.07) is 15.3. The van der Waals surface area contributed by atoms with E-state index in [-0.39, 0.29) is 18.0 Å². The number of rotatable bonds is 6. The highest BCUT2D eigenvalue weighted by Crippen LogP contribution is 2.27. The second kappa shape index (κ2) is 8.46. The van der Waals surface area contributed by atoms with Gasteiger partial charge in [-0.15, -0.1) is 0 Å². The first-order valence-electron chi connectivity index (χ1n) is 9.36. The number of hydrogen-bond donors (Lipinski definition) is 1. The number of ether oxygens (including phenoxy) is 1. The molecule has 0 fully saturated rings. The van der Waals surface area contributed by atoms with Crippen molar-refractivity contribution in [2.75, 3.05) is 7.11 Å². The average molecular weight is 420 g/mol. The van der Waals surface area contributed by atoms with Gasteiger partial charge in [0, 0.05) is 12.1 Å². The Morgan fingerprint density at radius 3 is 2.83 bits per heavy atom. The molecule has 2 aromatic carbocycles. The summed E-state index contributed by atoms with van der Waals surface area (Å²) in [7, 11) is 1.59. The molecule has 0 bridgehead atoms. The van der Waals surface area contributed by atoms with Crippen molar-refractivity contribution in [1.29, 1.82) is 0 Å². The van der Waals surface area contributed by atoms with Crippen LogP contribution >= 0.6 is 11.5 Å². The van der Waals surface area contributed by atoms with E-state index < -0.39 is 0 Å². The number of nitrogens with one attached hydrogen (secondary N) is 1. The Hall–Kier alpha value is -3.52. The lowest BCUT2D eigenvalue weighted by atomic mass is 10.1. The Labute approximate surface area is 177 Å². The first-order valence-corrected chi connectivity index (χ1v) is 10.1. The molecule has 0 aliphatic rings. The maximum Gasteiger partial charge on any atom is 0.273 e. The molecule has 4 rings (SSSR count). The van der Waals surface area contributed by atoms with Crippen LogP contribution in [-0.2, 0) is 17.9 Å². The number of aryl methyl sites for hydroxylation is 1. The molecule has 0 aliphatic heterocycles. The topological polar surface area (TPSA) is 86.1 Å². The molecule has 1 amide bonds. The molecule has 2 aromatic heterocycles. The van der Waals surface area contributed by atoms with Crippen molar-refractivity contribution in [1.82, 2.24) is 19.2 Å². The maximum absolute atomic E-state index is 12.8. The number of aromatic nitrogens is 3. The zero-order valence-corrected chi connectivity index (χ0v) is 17.4. The SMILES string of the molecule is COc1cccc(CNC(=O)Cn2cnc3c(-c4cccc(C)c4)nsc3c2=O)c1. The molecule has 152 valence electrons. The van der Waals surface area contributed by atoms with Crippen LogP contribution < -0.4 is 15.6 Å². The van der Waals surface area contributed by atoms with Crippen molar-refractivity contribution in [2.45, 2.75) is 20.0 Å². The smallest absolute Gasteiger partial charge is 0.273 e. The number of carbonyl (C=O) groups is 1. The van der Waals surface area contributed by atoms with E-state index >= 15 is 0 Å². The third kappa shape index (κ3) is 4.08. The predicted molar refractivity (Wildman–Crippen MR) is 117 cm³/mol. The Kier molecular flexibility index (Phi) is 5.58.